The fourth-order valence-electron chi connectivity index (χ4n) is 7.01. The van der Waals surface area contributed by atoms with Crippen molar-refractivity contribution in [1.29, 1.82) is 5.26 Å². The van der Waals surface area contributed by atoms with E-state index in [2.05, 4.69) is 61.7 Å². The Morgan fingerprint density at radius 2 is 1.80 bits per heavy atom. The number of piperazine rings is 1. The van der Waals surface area contributed by atoms with Crippen LogP contribution in [-0.4, -0.2) is 98.5 Å². The molecule has 0 radical (unpaired) electrons. The van der Waals surface area contributed by atoms with Crippen LogP contribution < -0.4 is 5.32 Å². The molecule has 3 aromatic heterocycles. The normalized spacial score (nSPS) is 17.7. The summed E-state index contributed by atoms with van der Waals surface area (Å²) in [5.74, 6) is 0.592. The van der Waals surface area contributed by atoms with E-state index in [4.69, 9.17) is 4.74 Å². The van der Waals surface area contributed by atoms with Crippen LogP contribution in [0.4, 0.5) is 23.8 Å². The van der Waals surface area contributed by atoms with Crippen LogP contribution in [0.25, 0.3) is 21.1 Å². The Labute approximate surface area is 294 Å². The van der Waals surface area contributed by atoms with Gasteiger partial charge in [0.05, 0.1) is 11.8 Å². The molecule has 50 heavy (non-hydrogen) atoms. The molecular formula is C36H45F3N8O2S. The maximum Gasteiger partial charge on any atom is 0.410 e. The van der Waals surface area contributed by atoms with Gasteiger partial charge < -0.3 is 19.5 Å². The van der Waals surface area contributed by atoms with Gasteiger partial charge in [-0.05, 0) is 76.8 Å². The number of halogens is 3. The molecule has 0 saturated carbocycles. The maximum atomic E-state index is 13.0. The topological polar surface area (TPSA) is 103 Å². The average molecular weight is 711 g/mol. The Kier molecular flexibility index (Phi) is 10.3. The Morgan fingerprint density at radius 1 is 1.08 bits per heavy atom. The van der Waals surface area contributed by atoms with Gasteiger partial charge >= 0.3 is 12.3 Å². The minimum Gasteiger partial charge on any atom is -0.444 e. The second-order valence-electron chi connectivity index (χ2n) is 14.5. The highest BCUT2D eigenvalue weighted by atomic mass is 32.1. The summed E-state index contributed by atoms with van der Waals surface area (Å²) in [5, 5.41) is 15.3. The first-order chi connectivity index (χ1) is 23.7. The molecule has 2 aliphatic heterocycles. The van der Waals surface area contributed by atoms with Crippen molar-refractivity contribution in [2.45, 2.75) is 90.8 Å². The number of rotatable bonds is 8. The second-order valence-corrected chi connectivity index (χ2v) is 15.6. The van der Waals surface area contributed by atoms with Crippen molar-refractivity contribution in [3.63, 3.8) is 0 Å². The third-order valence-electron chi connectivity index (χ3n) is 9.69. The smallest absolute Gasteiger partial charge is 0.410 e. The lowest BCUT2D eigenvalue weighted by Gasteiger charge is -2.38. The number of hydrogen-bond acceptors (Lipinski definition) is 9. The molecule has 10 nitrogen and oxygen atoms in total. The van der Waals surface area contributed by atoms with Gasteiger partial charge in [0.15, 0.2) is 0 Å². The monoisotopic (exact) mass is 710 g/mol. The van der Waals surface area contributed by atoms with Crippen molar-refractivity contribution >= 4 is 44.4 Å². The lowest BCUT2D eigenvalue weighted by Crippen LogP contribution is -2.53. The van der Waals surface area contributed by atoms with Gasteiger partial charge in [-0.2, -0.15) is 18.4 Å². The molecular weight excluding hydrogens is 666 g/mol. The van der Waals surface area contributed by atoms with Gasteiger partial charge in [-0.1, -0.05) is 6.07 Å². The van der Waals surface area contributed by atoms with E-state index in [1.165, 1.54) is 17.5 Å². The lowest BCUT2D eigenvalue weighted by molar-refractivity contribution is -0.126. The number of likely N-dealkylation sites (tertiary alicyclic amines) is 1. The largest absolute Gasteiger partial charge is 0.444 e. The number of amides is 1. The van der Waals surface area contributed by atoms with Crippen molar-refractivity contribution in [2.24, 2.45) is 0 Å². The number of carbonyl (C=O) groups excluding carboxylic acids is 1. The van der Waals surface area contributed by atoms with E-state index in [1.54, 1.807) is 11.0 Å². The van der Waals surface area contributed by atoms with Gasteiger partial charge in [0.2, 0.25) is 0 Å². The first-order valence-corrected chi connectivity index (χ1v) is 18.0. The van der Waals surface area contributed by atoms with E-state index < -0.39 is 18.2 Å². The molecule has 5 heterocycles. The molecule has 1 aromatic carbocycles. The number of benzene rings is 1. The zero-order valence-corrected chi connectivity index (χ0v) is 30.1. The molecule has 1 N–H and O–H groups in total. The van der Waals surface area contributed by atoms with Crippen LogP contribution in [0.5, 0.6) is 0 Å². The second kappa shape index (κ2) is 14.4. The van der Waals surface area contributed by atoms with Crippen LogP contribution in [-0.2, 0) is 24.2 Å². The number of nitriles is 1. The summed E-state index contributed by atoms with van der Waals surface area (Å²) >= 11 is 1.06. The Balaban J connectivity index is 1.06. The van der Waals surface area contributed by atoms with Crippen LogP contribution in [0, 0.1) is 18.3 Å². The first kappa shape index (κ1) is 35.9. The van der Waals surface area contributed by atoms with Gasteiger partial charge in [-0.25, -0.2) is 14.8 Å². The number of aryl methyl sites for hydroxylation is 1. The predicted octanol–water partition coefficient (Wildman–Crippen LogP) is 6.95. The van der Waals surface area contributed by atoms with E-state index in [-0.39, 0.29) is 23.1 Å². The van der Waals surface area contributed by atoms with Crippen molar-refractivity contribution in [3.05, 3.63) is 52.3 Å². The number of carbonyl (C=O) groups is 1. The highest BCUT2D eigenvalue weighted by Gasteiger charge is 2.30. The maximum absolute atomic E-state index is 13.0. The number of nitrogens with zero attached hydrogens (tertiary/aromatic N) is 7. The van der Waals surface area contributed by atoms with Crippen LogP contribution >= 0.6 is 11.3 Å². The number of fused-ring (bicyclic) bond motifs is 2. The number of ether oxygens (including phenoxy) is 1. The molecule has 2 saturated heterocycles. The number of aromatic nitrogens is 3. The fourth-order valence-corrected chi connectivity index (χ4v) is 8.03. The number of alkyl halides is 3. The third kappa shape index (κ3) is 8.33. The molecule has 0 spiro atoms. The van der Waals surface area contributed by atoms with E-state index in [0.717, 1.165) is 67.8 Å². The summed E-state index contributed by atoms with van der Waals surface area (Å²) in [7, 11) is 0. The van der Waals surface area contributed by atoms with Crippen LogP contribution in [0.15, 0.2) is 30.6 Å². The Bertz CT molecular complexity index is 1880. The molecule has 6 rings (SSSR count). The molecule has 2 fully saturated rings. The lowest BCUT2D eigenvalue weighted by atomic mass is 10.0. The zero-order chi connectivity index (χ0) is 35.8. The van der Waals surface area contributed by atoms with Crippen LogP contribution in [0.3, 0.4) is 0 Å². The number of nitrogens with one attached hydrogen (secondary N) is 1. The van der Waals surface area contributed by atoms with Crippen LogP contribution in [0.2, 0.25) is 0 Å². The SMILES string of the molecule is Cc1c(CN2CCC(Nc3ncnc4sc(CC(F)(F)F)cc34)CC2)ccc2c1cc(C#N)n2CC(C)N1CCN(C(=O)OC(C)(C)C)CC1. The van der Waals surface area contributed by atoms with Gasteiger partial charge in [0, 0.05) is 80.2 Å². The minimum absolute atomic E-state index is 0.161. The van der Waals surface area contributed by atoms with Gasteiger partial charge in [-0.15, -0.1) is 11.3 Å². The van der Waals surface area contributed by atoms with E-state index in [0.29, 0.717) is 41.4 Å². The molecule has 0 bridgehead atoms. The average Bonchev–Trinajstić information content (AvgIpc) is 3.63. The highest BCUT2D eigenvalue weighted by molar-refractivity contribution is 7.18. The first-order valence-electron chi connectivity index (χ1n) is 17.2. The quantitative estimate of drug-likeness (QED) is 0.210. The van der Waals surface area contributed by atoms with Crippen molar-refractivity contribution in [2.75, 3.05) is 44.6 Å². The minimum atomic E-state index is -4.26. The van der Waals surface area contributed by atoms with Crippen molar-refractivity contribution in [1.82, 2.24) is 29.2 Å². The molecule has 1 amide bonds. The fraction of sp³-hybridized carbons (Fsp3) is 0.556. The molecule has 4 aromatic rings. The standard InChI is InChI=1S/C36H45F3N8O2S/c1-23(45-12-14-46(15-13-45)34(48)49-35(3,4)5)20-47-27(19-40)16-29-24(2)25(6-7-31(29)47)21-44-10-8-26(9-11-44)43-32-30-17-28(18-36(37,38)39)50-33(30)42-22-41-32/h6-7,16-17,22-23,26H,8-15,18,20-21H2,1-5H3,(H,41,42,43). The number of thiophene rings is 1. The summed E-state index contributed by atoms with van der Waals surface area (Å²) < 4.78 is 46.6. The van der Waals surface area contributed by atoms with Crippen molar-refractivity contribution in [3.8, 4) is 6.07 Å². The van der Waals surface area contributed by atoms with Gasteiger partial charge in [-0.3, -0.25) is 9.80 Å². The third-order valence-corrected chi connectivity index (χ3v) is 10.7. The van der Waals surface area contributed by atoms with E-state index in [9.17, 15) is 23.2 Å². The summed E-state index contributed by atoms with van der Waals surface area (Å²) in [6, 6.07) is 10.6. The van der Waals surface area contributed by atoms with E-state index >= 15 is 0 Å². The van der Waals surface area contributed by atoms with Gasteiger partial charge in [0.25, 0.3) is 0 Å². The molecule has 268 valence electrons. The zero-order valence-electron chi connectivity index (χ0n) is 29.3. The Morgan fingerprint density at radius 3 is 2.46 bits per heavy atom. The molecule has 1 unspecified atom stereocenters. The molecule has 14 heteroatoms. The summed E-state index contributed by atoms with van der Waals surface area (Å²) in [6.07, 6.45) is -2.33. The van der Waals surface area contributed by atoms with E-state index in [1.807, 2.05) is 26.8 Å². The van der Waals surface area contributed by atoms with Crippen molar-refractivity contribution < 1.29 is 22.7 Å². The molecule has 1 atom stereocenters. The van der Waals surface area contributed by atoms with Crippen LogP contribution in [0.1, 0.15) is 62.2 Å². The number of piperidine rings is 1. The number of anilines is 1. The summed E-state index contributed by atoms with van der Waals surface area (Å²) in [6.45, 7) is 15.9. The van der Waals surface area contributed by atoms with Gasteiger partial charge in [0.1, 0.15) is 34.3 Å². The number of hydrogen-bond donors (Lipinski definition) is 1. The predicted molar refractivity (Wildman–Crippen MR) is 189 cm³/mol. The summed E-state index contributed by atoms with van der Waals surface area (Å²) in [4.78, 5) is 28.4. The molecule has 0 aliphatic carbocycles. The highest BCUT2D eigenvalue weighted by Crippen LogP contribution is 2.34. The molecule has 2 aliphatic rings. The Hall–Kier alpha value is -3.93. The summed E-state index contributed by atoms with van der Waals surface area (Å²) in [5.41, 5.74) is 3.57.